The summed E-state index contributed by atoms with van der Waals surface area (Å²) in [6, 6.07) is 8.79. The molecule has 124 valence electrons. The molecule has 1 aromatic carbocycles. The van der Waals surface area contributed by atoms with Crippen molar-refractivity contribution in [1.82, 2.24) is 5.32 Å². The Bertz CT molecular complexity index is 603. The molecule has 0 aliphatic carbocycles. The average Bonchev–Trinajstić information content (AvgIpc) is 2.81. The Morgan fingerprint density at radius 3 is 2.52 bits per heavy atom. The van der Waals surface area contributed by atoms with E-state index in [1.54, 1.807) is 0 Å². The highest BCUT2D eigenvalue weighted by molar-refractivity contribution is 5.88. The maximum Gasteiger partial charge on any atom is 0.407 e. The molecule has 6 nitrogen and oxygen atoms in total. The molecule has 1 aliphatic rings. The van der Waals surface area contributed by atoms with Crippen molar-refractivity contribution in [2.24, 2.45) is 5.41 Å². The molecule has 1 aliphatic heterocycles. The van der Waals surface area contributed by atoms with Crippen molar-refractivity contribution in [2.45, 2.75) is 39.5 Å². The van der Waals surface area contributed by atoms with Crippen LogP contribution in [-0.2, 0) is 20.9 Å². The largest absolute Gasteiger partial charge is 0.502 e. The lowest BCUT2D eigenvalue weighted by molar-refractivity contribution is -0.143. The van der Waals surface area contributed by atoms with Crippen LogP contribution in [0.15, 0.2) is 42.2 Å². The summed E-state index contributed by atoms with van der Waals surface area (Å²) in [6.07, 6.45) is -0.0354. The fourth-order valence-electron chi connectivity index (χ4n) is 2.29. The van der Waals surface area contributed by atoms with Crippen molar-refractivity contribution in [3.8, 4) is 0 Å². The van der Waals surface area contributed by atoms with Gasteiger partial charge in [-0.05, 0) is 11.0 Å². The highest BCUT2D eigenvalue weighted by Crippen LogP contribution is 2.27. The lowest BCUT2D eigenvalue weighted by Gasteiger charge is -2.33. The lowest BCUT2D eigenvalue weighted by Crippen LogP contribution is -2.51. The number of esters is 1. The molecule has 0 unspecified atom stereocenters. The van der Waals surface area contributed by atoms with Gasteiger partial charge in [0.1, 0.15) is 12.7 Å². The zero-order valence-electron chi connectivity index (χ0n) is 13.4. The van der Waals surface area contributed by atoms with E-state index in [-0.39, 0.29) is 6.61 Å². The van der Waals surface area contributed by atoms with E-state index < -0.39 is 35.4 Å². The van der Waals surface area contributed by atoms with E-state index in [0.717, 1.165) is 5.56 Å². The van der Waals surface area contributed by atoms with Crippen molar-refractivity contribution in [1.29, 1.82) is 0 Å². The average molecular weight is 319 g/mol. The second-order valence-corrected chi connectivity index (χ2v) is 6.47. The number of ether oxygens (including phenoxy) is 2. The Kier molecular flexibility index (Phi) is 4.93. The first kappa shape index (κ1) is 16.9. The summed E-state index contributed by atoms with van der Waals surface area (Å²) in [4.78, 5) is 23.4. The Labute approximate surface area is 135 Å². The maximum absolute atomic E-state index is 12.0. The molecule has 1 amide bonds. The van der Waals surface area contributed by atoms with Crippen LogP contribution in [-0.4, -0.2) is 29.3 Å². The van der Waals surface area contributed by atoms with Gasteiger partial charge in [0, 0.05) is 6.08 Å². The van der Waals surface area contributed by atoms with Crippen molar-refractivity contribution in [2.75, 3.05) is 0 Å². The van der Waals surface area contributed by atoms with Gasteiger partial charge >= 0.3 is 12.1 Å². The highest BCUT2D eigenvalue weighted by Gasteiger charge is 2.39. The number of hydrogen-bond donors (Lipinski definition) is 2. The zero-order valence-corrected chi connectivity index (χ0v) is 13.4. The molecule has 0 fully saturated rings. The maximum atomic E-state index is 12.0. The highest BCUT2D eigenvalue weighted by atomic mass is 16.6. The smallest absolute Gasteiger partial charge is 0.407 e. The van der Waals surface area contributed by atoms with Crippen LogP contribution in [0.25, 0.3) is 0 Å². The molecule has 2 rings (SSSR count). The van der Waals surface area contributed by atoms with Gasteiger partial charge in [-0.2, -0.15) is 0 Å². The lowest BCUT2D eigenvalue weighted by atomic mass is 9.83. The third-order valence-corrected chi connectivity index (χ3v) is 3.52. The summed E-state index contributed by atoms with van der Waals surface area (Å²) < 4.78 is 10.3. The van der Waals surface area contributed by atoms with Crippen LogP contribution in [0.3, 0.4) is 0 Å². The minimum absolute atomic E-state index is 0.148. The van der Waals surface area contributed by atoms with Crippen molar-refractivity contribution >= 4 is 12.1 Å². The van der Waals surface area contributed by atoms with Gasteiger partial charge in [0.05, 0.1) is 6.04 Å². The first-order valence-corrected chi connectivity index (χ1v) is 7.36. The van der Waals surface area contributed by atoms with Crippen molar-refractivity contribution < 1.29 is 24.2 Å². The van der Waals surface area contributed by atoms with Crippen LogP contribution in [0, 0.1) is 5.41 Å². The van der Waals surface area contributed by atoms with Crippen molar-refractivity contribution in [3.05, 3.63) is 47.7 Å². The summed E-state index contributed by atoms with van der Waals surface area (Å²) in [5, 5.41) is 12.1. The second-order valence-electron chi connectivity index (χ2n) is 6.47. The molecule has 0 aromatic heterocycles. The molecule has 2 N–H and O–H groups in total. The first-order valence-electron chi connectivity index (χ1n) is 7.36. The number of alkyl carbamates (subject to hydrolysis) is 1. The second kappa shape index (κ2) is 6.73. The number of hydrogen-bond acceptors (Lipinski definition) is 5. The summed E-state index contributed by atoms with van der Waals surface area (Å²) in [5.74, 6) is -1.23. The quantitative estimate of drug-likeness (QED) is 0.834. The Balaban J connectivity index is 1.98. The fourth-order valence-corrected chi connectivity index (χ4v) is 2.29. The summed E-state index contributed by atoms with van der Waals surface area (Å²) in [6.45, 7) is 5.83. The van der Waals surface area contributed by atoms with Gasteiger partial charge in [0.2, 0.25) is 5.76 Å². The number of aliphatic hydroxyl groups excluding tert-OH is 1. The molecular weight excluding hydrogens is 298 g/mol. The number of carbonyl (C=O) groups is 2. The number of amides is 1. The van der Waals surface area contributed by atoms with E-state index in [4.69, 9.17) is 9.47 Å². The predicted molar refractivity (Wildman–Crippen MR) is 83.6 cm³/mol. The molecule has 23 heavy (non-hydrogen) atoms. The molecule has 0 spiro atoms. The minimum atomic E-state index is -0.788. The van der Waals surface area contributed by atoms with Gasteiger partial charge in [0.15, 0.2) is 0 Å². The number of cyclic esters (lactones) is 1. The summed E-state index contributed by atoms with van der Waals surface area (Å²) >= 11 is 0. The fraction of sp³-hybridized carbons (Fsp3) is 0.412. The molecule has 0 radical (unpaired) electrons. The molecular formula is C17H21NO5. The number of rotatable bonds is 4. The van der Waals surface area contributed by atoms with Crippen LogP contribution < -0.4 is 5.32 Å². The van der Waals surface area contributed by atoms with E-state index >= 15 is 0 Å². The van der Waals surface area contributed by atoms with Gasteiger partial charge in [-0.25, -0.2) is 9.59 Å². The Hall–Kier alpha value is -2.50. The number of aliphatic hydroxyl groups is 1. The van der Waals surface area contributed by atoms with Crippen LogP contribution in [0.5, 0.6) is 0 Å². The van der Waals surface area contributed by atoms with Crippen molar-refractivity contribution in [3.63, 3.8) is 0 Å². The van der Waals surface area contributed by atoms with Gasteiger partial charge in [-0.15, -0.1) is 0 Å². The molecule has 6 heteroatoms. The Morgan fingerprint density at radius 1 is 1.35 bits per heavy atom. The third-order valence-electron chi connectivity index (χ3n) is 3.52. The monoisotopic (exact) mass is 319 g/mol. The van der Waals surface area contributed by atoms with Crippen LogP contribution >= 0.6 is 0 Å². The Morgan fingerprint density at radius 2 is 2.00 bits per heavy atom. The van der Waals surface area contributed by atoms with Gasteiger partial charge in [-0.1, -0.05) is 51.1 Å². The van der Waals surface area contributed by atoms with E-state index in [1.165, 1.54) is 6.08 Å². The predicted octanol–water partition coefficient (Wildman–Crippen LogP) is 2.69. The molecule has 0 bridgehead atoms. The molecule has 0 saturated heterocycles. The van der Waals surface area contributed by atoms with Gasteiger partial charge in [-0.3, -0.25) is 0 Å². The normalized spacial score (nSPS) is 18.8. The van der Waals surface area contributed by atoms with E-state index in [0.29, 0.717) is 0 Å². The van der Waals surface area contributed by atoms with E-state index in [9.17, 15) is 14.7 Å². The molecule has 2 atom stereocenters. The molecule has 0 saturated carbocycles. The van der Waals surface area contributed by atoms with Crippen LogP contribution in [0.1, 0.15) is 26.3 Å². The minimum Gasteiger partial charge on any atom is -0.502 e. The van der Waals surface area contributed by atoms with E-state index in [1.807, 2.05) is 51.1 Å². The number of benzene rings is 1. The third kappa shape index (κ3) is 4.48. The standard InChI is InChI=1S/C17H21NO5/c1-17(2,3)14(13-9-12(19)15(20)23-13)18-16(21)22-10-11-7-5-4-6-8-11/h4-9,13-14,19H,10H2,1-3H3,(H,18,21)/t13-,14+/m0/s1. The molecule has 1 heterocycles. The van der Waals surface area contributed by atoms with Gasteiger partial charge < -0.3 is 19.9 Å². The topological polar surface area (TPSA) is 84.9 Å². The van der Waals surface area contributed by atoms with Crippen LogP contribution in [0.2, 0.25) is 0 Å². The summed E-state index contributed by atoms with van der Waals surface area (Å²) in [5.41, 5.74) is 0.470. The SMILES string of the molecule is CC(C)(C)[C@H](NC(=O)OCc1ccccc1)[C@@H]1C=C(O)C(=O)O1. The molecule has 1 aromatic rings. The number of carbonyl (C=O) groups excluding carboxylic acids is 2. The number of nitrogens with one attached hydrogen (secondary N) is 1. The van der Waals surface area contributed by atoms with Gasteiger partial charge in [0.25, 0.3) is 0 Å². The zero-order chi connectivity index (χ0) is 17.0. The van der Waals surface area contributed by atoms with Crippen LogP contribution in [0.4, 0.5) is 4.79 Å². The van der Waals surface area contributed by atoms with E-state index in [2.05, 4.69) is 5.32 Å². The first-order chi connectivity index (χ1) is 10.8. The summed E-state index contributed by atoms with van der Waals surface area (Å²) in [7, 11) is 0.